The van der Waals surface area contributed by atoms with Crippen LogP contribution in [-0.4, -0.2) is 40.6 Å². The monoisotopic (exact) mass is 209 g/mol. The molecule has 1 rings (SSSR count). The van der Waals surface area contributed by atoms with Crippen LogP contribution in [-0.2, 0) is 22.5 Å². The summed E-state index contributed by atoms with van der Waals surface area (Å²) in [7, 11) is -5.06. The average molecular weight is 209 g/mol. The van der Waals surface area contributed by atoms with E-state index in [4.69, 9.17) is 5.11 Å². The smallest absolute Gasteiger partial charge is 0.337 e. The Morgan fingerprint density at radius 1 is 1.27 bits per heavy atom. The van der Waals surface area contributed by atoms with Gasteiger partial charge in [-0.1, -0.05) is 0 Å². The van der Waals surface area contributed by atoms with Crippen LogP contribution in [0.25, 0.3) is 0 Å². The minimum absolute atomic E-state index is 0. The van der Waals surface area contributed by atoms with Gasteiger partial charge in [0.1, 0.15) is 0 Å². The molecular formula is C2H4NaO6P2+2. The van der Waals surface area contributed by atoms with Gasteiger partial charge in [0.25, 0.3) is 0 Å². The van der Waals surface area contributed by atoms with Crippen LogP contribution in [0, 0.1) is 0 Å². The third-order valence-corrected chi connectivity index (χ3v) is 2.66. The molecule has 11 heavy (non-hydrogen) atoms. The Balaban J connectivity index is 0.000001000. The summed E-state index contributed by atoms with van der Waals surface area (Å²) in [6.45, 7) is 1.07. The Hall–Kier alpha value is 1.04. The number of hydrogen-bond acceptors (Lipinski definition) is 6. The number of rotatable bonds is 0. The molecule has 1 aliphatic heterocycles. The van der Waals surface area contributed by atoms with E-state index >= 15 is 0 Å². The van der Waals surface area contributed by atoms with E-state index in [-0.39, 0.29) is 29.6 Å². The normalized spacial score (nSPS) is 38.0. The van der Waals surface area contributed by atoms with Crippen molar-refractivity contribution in [2.24, 2.45) is 0 Å². The molecule has 9 heteroatoms. The molecule has 0 aromatic rings. The van der Waals surface area contributed by atoms with E-state index in [1.807, 2.05) is 0 Å². The van der Waals surface area contributed by atoms with E-state index in [2.05, 4.69) is 13.4 Å². The zero-order valence-electron chi connectivity index (χ0n) is 5.88. The van der Waals surface area contributed by atoms with Crippen LogP contribution >= 0.6 is 16.5 Å². The summed E-state index contributed by atoms with van der Waals surface area (Å²) in [5.74, 6) is -2.07. The fraction of sp³-hybridized carbons (Fsp3) is 1.00. The molecule has 1 fully saturated rings. The first-order chi connectivity index (χ1) is 4.49. The molecule has 0 saturated carbocycles. The van der Waals surface area contributed by atoms with Crippen molar-refractivity contribution in [1.82, 2.24) is 0 Å². The largest absolute Gasteiger partial charge is 0.753 e. The summed E-state index contributed by atoms with van der Waals surface area (Å²) in [6.07, 6.45) is 0. The first kappa shape index (κ1) is 12.0. The van der Waals surface area contributed by atoms with Gasteiger partial charge in [0.15, 0.2) is 4.31 Å². The Kier molecular flexibility index (Phi) is 4.73. The van der Waals surface area contributed by atoms with Crippen LogP contribution in [0.1, 0.15) is 6.92 Å². The van der Waals surface area contributed by atoms with Crippen molar-refractivity contribution < 1.29 is 27.6 Å². The molecule has 2 atom stereocenters. The van der Waals surface area contributed by atoms with E-state index in [9.17, 15) is 9.13 Å². The summed E-state index contributed by atoms with van der Waals surface area (Å²) < 4.78 is 33.1. The van der Waals surface area contributed by atoms with E-state index < -0.39 is 22.5 Å². The first-order valence-electron chi connectivity index (χ1n) is 2.23. The minimum Gasteiger partial charge on any atom is -0.337 e. The molecule has 0 bridgehead atoms. The van der Waals surface area contributed by atoms with Crippen molar-refractivity contribution in [3.05, 3.63) is 0 Å². The van der Waals surface area contributed by atoms with Crippen LogP contribution in [0.5, 0.6) is 0 Å². The van der Waals surface area contributed by atoms with E-state index in [1.165, 1.54) is 0 Å². The molecule has 0 spiro atoms. The fourth-order valence-electron chi connectivity index (χ4n) is 0.381. The SMILES string of the molecule is CC1(O)O[P+](=O)O[P+](=O)O1.[Na]. The molecule has 1 aliphatic rings. The van der Waals surface area contributed by atoms with Gasteiger partial charge in [0.05, 0.1) is 0 Å². The molecule has 1 N–H and O–H groups in total. The zero-order chi connectivity index (χ0) is 7.78. The molecule has 0 amide bonds. The van der Waals surface area contributed by atoms with Crippen molar-refractivity contribution in [1.29, 1.82) is 0 Å². The molecule has 1 saturated heterocycles. The Labute approximate surface area is 86.4 Å². The van der Waals surface area contributed by atoms with Crippen LogP contribution in [0.15, 0.2) is 0 Å². The molecule has 1 heterocycles. The van der Waals surface area contributed by atoms with Crippen molar-refractivity contribution >= 4 is 46.1 Å². The maximum absolute atomic E-state index is 10.4. The fourth-order valence-corrected chi connectivity index (χ4v) is 1.77. The van der Waals surface area contributed by atoms with Crippen molar-refractivity contribution in [2.45, 2.75) is 12.9 Å². The zero-order valence-corrected chi connectivity index (χ0v) is 9.67. The molecule has 0 aromatic carbocycles. The van der Waals surface area contributed by atoms with Crippen molar-refractivity contribution in [3.8, 4) is 0 Å². The third kappa shape index (κ3) is 3.99. The van der Waals surface area contributed by atoms with Gasteiger partial charge < -0.3 is 5.11 Å². The second-order valence-corrected chi connectivity index (χ2v) is 3.52. The standard InChI is InChI=1S/C2H4O6P2.Na/c1-2(3)6-9(4)8-10(5)7-2;/h3H,1H3;/q+2;. The minimum atomic E-state index is -2.53. The topological polar surface area (TPSA) is 82.1 Å². The predicted octanol–water partition coefficient (Wildman–Crippen LogP) is 0.650. The predicted molar refractivity (Wildman–Crippen MR) is 34.8 cm³/mol. The Morgan fingerprint density at radius 2 is 1.64 bits per heavy atom. The quantitative estimate of drug-likeness (QED) is 0.465. The van der Waals surface area contributed by atoms with Crippen LogP contribution < -0.4 is 0 Å². The molecular weight excluding hydrogens is 205 g/mol. The number of aliphatic hydroxyl groups is 1. The molecule has 57 valence electrons. The molecule has 1 radical (unpaired) electrons. The summed E-state index contributed by atoms with van der Waals surface area (Å²) in [6, 6.07) is 0. The maximum atomic E-state index is 10.4. The molecule has 2 unspecified atom stereocenters. The van der Waals surface area contributed by atoms with Gasteiger partial charge in [-0.25, -0.2) is 0 Å². The van der Waals surface area contributed by atoms with Gasteiger partial charge in [-0.3, -0.25) is 0 Å². The van der Waals surface area contributed by atoms with Gasteiger partial charge in [-0.05, 0) is 9.05 Å². The number of hydrogen-bond donors (Lipinski definition) is 1. The summed E-state index contributed by atoms with van der Waals surface area (Å²) in [5, 5.41) is 8.82. The second kappa shape index (κ2) is 4.33. The molecule has 0 aromatic heterocycles. The van der Waals surface area contributed by atoms with Crippen molar-refractivity contribution in [3.63, 3.8) is 0 Å². The van der Waals surface area contributed by atoms with Crippen LogP contribution in [0.2, 0.25) is 0 Å². The first-order valence-corrected chi connectivity index (χ1v) is 4.42. The van der Waals surface area contributed by atoms with Crippen LogP contribution in [0.4, 0.5) is 0 Å². The van der Waals surface area contributed by atoms with Gasteiger partial charge in [0, 0.05) is 45.6 Å². The van der Waals surface area contributed by atoms with Crippen molar-refractivity contribution in [2.75, 3.05) is 0 Å². The third-order valence-electron chi connectivity index (χ3n) is 0.621. The maximum Gasteiger partial charge on any atom is 0.753 e. The summed E-state index contributed by atoms with van der Waals surface area (Å²) >= 11 is 0. The van der Waals surface area contributed by atoms with Gasteiger partial charge >= 0.3 is 22.5 Å². The Bertz CT molecular complexity index is 173. The van der Waals surface area contributed by atoms with Gasteiger partial charge in [-0.15, -0.1) is 0 Å². The Morgan fingerprint density at radius 3 is 1.91 bits per heavy atom. The molecule has 0 aliphatic carbocycles. The summed E-state index contributed by atoms with van der Waals surface area (Å²) in [4.78, 5) is 0. The van der Waals surface area contributed by atoms with E-state index in [1.54, 1.807) is 0 Å². The van der Waals surface area contributed by atoms with Crippen LogP contribution in [0.3, 0.4) is 0 Å². The van der Waals surface area contributed by atoms with E-state index in [0.717, 1.165) is 6.92 Å². The summed E-state index contributed by atoms with van der Waals surface area (Å²) in [5.41, 5.74) is 0. The molecule has 6 nitrogen and oxygen atoms in total. The van der Waals surface area contributed by atoms with Gasteiger partial charge in [0.2, 0.25) is 0 Å². The average Bonchev–Trinajstić information content (AvgIpc) is 1.54. The second-order valence-electron chi connectivity index (χ2n) is 1.61. The van der Waals surface area contributed by atoms with Gasteiger partial charge in [-0.2, -0.15) is 0 Å². The van der Waals surface area contributed by atoms with E-state index in [0.29, 0.717) is 0 Å².